The highest BCUT2D eigenvalue weighted by Gasteiger charge is 2.57. The van der Waals surface area contributed by atoms with E-state index < -0.39 is 0 Å². The first-order valence-corrected chi connectivity index (χ1v) is 7.36. The Morgan fingerprint density at radius 2 is 1.94 bits per heavy atom. The van der Waals surface area contributed by atoms with Gasteiger partial charge in [0, 0.05) is 0 Å². The Kier molecular flexibility index (Phi) is 2.93. The number of ether oxygens (including phenoxy) is 1. The maximum atomic E-state index is 11.7. The van der Waals surface area contributed by atoms with Gasteiger partial charge in [0.05, 0.1) is 0 Å². The lowest BCUT2D eigenvalue weighted by atomic mass is 9.48. The molecular formula is C13H19IO3. The van der Waals surface area contributed by atoms with E-state index in [1.54, 1.807) is 23.0 Å². The molecule has 2 atom stereocenters. The minimum Gasteiger partial charge on any atom is -0.457 e. The van der Waals surface area contributed by atoms with Gasteiger partial charge in [-0.05, 0) is 55.8 Å². The van der Waals surface area contributed by atoms with Gasteiger partial charge in [-0.25, -0.2) is 4.79 Å². The van der Waals surface area contributed by atoms with Crippen LogP contribution >= 0.6 is 23.0 Å². The van der Waals surface area contributed by atoms with Gasteiger partial charge < -0.3 is 7.80 Å². The fourth-order valence-corrected chi connectivity index (χ4v) is 5.32. The van der Waals surface area contributed by atoms with Gasteiger partial charge in [0.25, 0.3) is 0 Å². The van der Waals surface area contributed by atoms with E-state index in [0.29, 0.717) is 5.41 Å². The molecule has 4 aliphatic carbocycles. The number of carbonyl (C=O) groups is 1. The molecule has 3 nitrogen and oxygen atoms in total. The number of hydrogen-bond acceptors (Lipinski definition) is 3. The van der Waals surface area contributed by atoms with Crippen LogP contribution in [0.3, 0.4) is 0 Å². The number of carbonyl (C=O) groups excluding carboxylic acids is 1. The number of halogens is 1. The van der Waals surface area contributed by atoms with Crippen molar-refractivity contribution in [3.8, 4) is 0 Å². The highest BCUT2D eigenvalue weighted by molar-refractivity contribution is 14.1. The van der Waals surface area contributed by atoms with Crippen LogP contribution in [-0.4, -0.2) is 18.2 Å². The molecular weight excluding hydrogens is 331 g/mol. The van der Waals surface area contributed by atoms with Crippen molar-refractivity contribution in [3.63, 3.8) is 0 Å². The summed E-state index contributed by atoms with van der Waals surface area (Å²) >= 11 is 1.75. The summed E-state index contributed by atoms with van der Waals surface area (Å²) in [5.41, 5.74) is 0.278. The molecule has 17 heavy (non-hydrogen) atoms. The average molecular weight is 350 g/mol. The van der Waals surface area contributed by atoms with E-state index in [1.807, 2.05) is 0 Å². The Hall–Kier alpha value is 0.160. The van der Waals surface area contributed by atoms with Crippen LogP contribution in [0.2, 0.25) is 0 Å². The van der Waals surface area contributed by atoms with Crippen LogP contribution in [-0.2, 0) is 12.6 Å². The number of esters is 1. The van der Waals surface area contributed by atoms with Crippen LogP contribution in [0.1, 0.15) is 45.4 Å². The van der Waals surface area contributed by atoms with Gasteiger partial charge in [0.1, 0.15) is 28.6 Å². The van der Waals surface area contributed by atoms with E-state index in [2.05, 4.69) is 6.92 Å². The molecule has 0 aromatic rings. The maximum Gasteiger partial charge on any atom is 0.333 e. The van der Waals surface area contributed by atoms with Crippen molar-refractivity contribution in [1.82, 2.24) is 0 Å². The highest BCUT2D eigenvalue weighted by atomic mass is 127. The van der Waals surface area contributed by atoms with Gasteiger partial charge in [-0.15, -0.1) is 0 Å². The summed E-state index contributed by atoms with van der Waals surface area (Å²) in [5, 5.41) is 0. The minimum absolute atomic E-state index is 0.0777. The van der Waals surface area contributed by atoms with Gasteiger partial charge in [0.2, 0.25) is 0 Å². The Balaban J connectivity index is 1.76. The second kappa shape index (κ2) is 4.08. The minimum atomic E-state index is -0.190. The zero-order valence-electron chi connectivity index (χ0n) is 10.2. The molecule has 0 heterocycles. The molecule has 0 aromatic carbocycles. The van der Waals surface area contributed by atoms with Crippen molar-refractivity contribution in [3.05, 3.63) is 0 Å². The Labute approximate surface area is 116 Å². The summed E-state index contributed by atoms with van der Waals surface area (Å²) < 4.78 is 10.6. The Morgan fingerprint density at radius 3 is 2.47 bits per heavy atom. The molecule has 2 unspecified atom stereocenters. The van der Waals surface area contributed by atoms with Crippen molar-refractivity contribution in [2.75, 3.05) is 6.61 Å². The highest BCUT2D eigenvalue weighted by Crippen LogP contribution is 2.62. The molecule has 0 aliphatic heterocycles. The fourth-order valence-electron chi connectivity index (χ4n) is 5.06. The van der Waals surface area contributed by atoms with Crippen molar-refractivity contribution >= 4 is 29.0 Å². The van der Waals surface area contributed by atoms with Gasteiger partial charge in [-0.3, -0.25) is 0 Å². The first kappa shape index (κ1) is 12.2. The normalized spacial score (nSPS) is 47.2. The third kappa shape index (κ3) is 2.23. The quantitative estimate of drug-likeness (QED) is 0.579. The van der Waals surface area contributed by atoms with E-state index in [-0.39, 0.29) is 18.2 Å². The monoisotopic (exact) mass is 350 g/mol. The van der Waals surface area contributed by atoms with Crippen molar-refractivity contribution in [2.24, 2.45) is 17.3 Å². The predicted molar refractivity (Wildman–Crippen MR) is 71.6 cm³/mol. The van der Waals surface area contributed by atoms with Crippen LogP contribution < -0.4 is 0 Å². The average Bonchev–Trinajstić information content (AvgIpc) is 2.11. The summed E-state index contributed by atoms with van der Waals surface area (Å²) in [7, 11) is 0. The molecule has 0 aromatic heterocycles. The molecule has 0 saturated heterocycles. The zero-order valence-corrected chi connectivity index (χ0v) is 12.4. The van der Waals surface area contributed by atoms with E-state index in [9.17, 15) is 4.79 Å². The fraction of sp³-hybridized carbons (Fsp3) is 0.923. The van der Waals surface area contributed by atoms with Crippen LogP contribution in [0, 0.1) is 17.3 Å². The maximum absolute atomic E-state index is 11.7. The topological polar surface area (TPSA) is 35.5 Å². The molecule has 0 N–H and O–H groups in total. The molecule has 4 bridgehead atoms. The third-order valence-electron chi connectivity index (χ3n) is 4.80. The van der Waals surface area contributed by atoms with Gasteiger partial charge in [-0.1, -0.05) is 6.92 Å². The smallest absolute Gasteiger partial charge is 0.333 e. The van der Waals surface area contributed by atoms with E-state index >= 15 is 0 Å². The SMILES string of the molecule is CC12CC3CC(C1)CC(OC(=O)COI)(C3)C2. The van der Waals surface area contributed by atoms with Crippen molar-refractivity contribution < 1.29 is 12.6 Å². The first-order chi connectivity index (χ1) is 8.03. The lowest BCUT2D eigenvalue weighted by molar-refractivity contribution is -0.200. The van der Waals surface area contributed by atoms with E-state index in [0.717, 1.165) is 31.1 Å². The van der Waals surface area contributed by atoms with Crippen LogP contribution in [0.25, 0.3) is 0 Å². The predicted octanol–water partition coefficient (Wildman–Crippen LogP) is 3.26. The standard InChI is InChI=1S/C13H19IO3/c1-12-3-9-2-10(4-12)6-13(5-9,8-12)17-11(15)7-16-14/h9-10H,2-8H2,1H3. The number of hydrogen-bond donors (Lipinski definition) is 0. The largest absolute Gasteiger partial charge is 0.457 e. The van der Waals surface area contributed by atoms with E-state index in [1.165, 1.54) is 19.3 Å². The summed E-state index contributed by atoms with van der Waals surface area (Å²) in [6, 6.07) is 0. The first-order valence-electron chi connectivity index (χ1n) is 6.48. The summed E-state index contributed by atoms with van der Waals surface area (Å²) in [6.45, 7) is 2.45. The molecule has 0 spiro atoms. The van der Waals surface area contributed by atoms with Crippen molar-refractivity contribution in [2.45, 2.75) is 51.0 Å². The zero-order chi connectivity index (χ0) is 12.1. The van der Waals surface area contributed by atoms with E-state index in [4.69, 9.17) is 7.80 Å². The Bertz CT molecular complexity index is 328. The third-order valence-corrected chi connectivity index (χ3v) is 5.11. The van der Waals surface area contributed by atoms with Gasteiger partial charge in [-0.2, -0.15) is 0 Å². The lowest BCUT2D eigenvalue weighted by Gasteiger charge is -2.60. The van der Waals surface area contributed by atoms with Gasteiger partial charge in [0.15, 0.2) is 6.61 Å². The van der Waals surface area contributed by atoms with Crippen molar-refractivity contribution in [1.29, 1.82) is 0 Å². The Morgan fingerprint density at radius 1 is 1.29 bits per heavy atom. The summed E-state index contributed by atoms with van der Waals surface area (Å²) in [6.07, 6.45) is 7.28. The molecule has 0 amide bonds. The second-order valence-corrected chi connectivity index (χ2v) is 7.31. The lowest BCUT2D eigenvalue weighted by Crippen LogP contribution is -2.56. The second-order valence-electron chi connectivity index (χ2n) is 6.68. The van der Waals surface area contributed by atoms with Crippen LogP contribution in [0.4, 0.5) is 0 Å². The van der Waals surface area contributed by atoms with Gasteiger partial charge >= 0.3 is 5.97 Å². The molecule has 4 rings (SSSR count). The molecule has 4 aliphatic rings. The molecule has 4 fully saturated rings. The van der Waals surface area contributed by atoms with Crippen LogP contribution in [0.5, 0.6) is 0 Å². The molecule has 4 heteroatoms. The number of rotatable bonds is 3. The summed E-state index contributed by atoms with van der Waals surface area (Å²) in [4.78, 5) is 11.7. The van der Waals surface area contributed by atoms with Crippen LogP contribution in [0.15, 0.2) is 0 Å². The molecule has 4 saturated carbocycles. The molecule has 0 radical (unpaired) electrons. The molecule has 96 valence electrons. The summed E-state index contributed by atoms with van der Waals surface area (Å²) in [5.74, 6) is 1.38.